The lowest BCUT2D eigenvalue weighted by Gasteiger charge is -2.31. The minimum Gasteiger partial charge on any atom is -0.480 e. The highest BCUT2D eigenvalue weighted by molar-refractivity contribution is 6.02. The van der Waals surface area contributed by atoms with E-state index in [2.05, 4.69) is 5.32 Å². The monoisotopic (exact) mass is 278 g/mol. The summed E-state index contributed by atoms with van der Waals surface area (Å²) in [5, 5.41) is 12.1. The average Bonchev–Trinajstić information content (AvgIpc) is 2.36. The quantitative estimate of drug-likeness (QED) is 0.832. The normalized spacial score (nSPS) is 11.2. The van der Waals surface area contributed by atoms with E-state index in [0.29, 0.717) is 12.2 Å². The first-order valence-corrected chi connectivity index (χ1v) is 6.63. The third-order valence-electron chi connectivity index (χ3n) is 3.04. The van der Waals surface area contributed by atoms with Crippen LogP contribution < -0.4 is 10.2 Å². The van der Waals surface area contributed by atoms with Gasteiger partial charge >= 0.3 is 5.97 Å². The number of rotatable bonds is 6. The van der Waals surface area contributed by atoms with Crippen molar-refractivity contribution in [2.75, 3.05) is 18.0 Å². The third kappa shape index (κ3) is 4.06. The van der Waals surface area contributed by atoms with Gasteiger partial charge in [0.25, 0.3) is 0 Å². The van der Waals surface area contributed by atoms with Crippen molar-refractivity contribution >= 4 is 17.6 Å². The summed E-state index contributed by atoms with van der Waals surface area (Å²) in [5.74, 6) is -1.29. The molecule has 1 amide bonds. The summed E-state index contributed by atoms with van der Waals surface area (Å²) in [6, 6.07) is 7.24. The van der Waals surface area contributed by atoms with E-state index in [9.17, 15) is 9.59 Å². The molecule has 0 radical (unpaired) electrons. The molecule has 110 valence electrons. The standard InChI is InChI=1S/C15H22N2O3/c1-5-16-15(3,4)14(20)17(10-13(18)19)12-8-6-11(2)7-9-12/h6-9,16H,5,10H2,1-4H3,(H,18,19). The lowest BCUT2D eigenvalue weighted by atomic mass is 10.0. The molecule has 0 saturated carbocycles. The molecule has 2 N–H and O–H groups in total. The molecule has 0 unspecified atom stereocenters. The summed E-state index contributed by atoms with van der Waals surface area (Å²) in [6.45, 7) is 7.63. The number of nitrogens with one attached hydrogen (secondary N) is 1. The predicted molar refractivity (Wildman–Crippen MR) is 78.9 cm³/mol. The molecule has 1 rings (SSSR count). The summed E-state index contributed by atoms with van der Waals surface area (Å²) < 4.78 is 0. The molecule has 1 aromatic carbocycles. The third-order valence-corrected chi connectivity index (χ3v) is 3.04. The number of carboxylic acid groups (broad SMARTS) is 1. The van der Waals surface area contributed by atoms with Gasteiger partial charge in [-0.25, -0.2) is 0 Å². The second kappa shape index (κ2) is 6.52. The molecule has 0 atom stereocenters. The number of anilines is 1. The Morgan fingerprint density at radius 1 is 1.25 bits per heavy atom. The topological polar surface area (TPSA) is 69.6 Å². The fraction of sp³-hybridized carbons (Fsp3) is 0.467. The van der Waals surface area contributed by atoms with Crippen LogP contribution in [0.15, 0.2) is 24.3 Å². The van der Waals surface area contributed by atoms with Crippen LogP contribution in [0.2, 0.25) is 0 Å². The Hall–Kier alpha value is -1.88. The SMILES string of the molecule is CCNC(C)(C)C(=O)N(CC(=O)O)c1ccc(C)cc1. The van der Waals surface area contributed by atoms with Crippen LogP contribution in [0, 0.1) is 6.92 Å². The number of carbonyl (C=O) groups is 2. The van der Waals surface area contributed by atoms with E-state index in [1.54, 1.807) is 26.0 Å². The average molecular weight is 278 g/mol. The first kappa shape index (κ1) is 16.2. The Kier molecular flexibility index (Phi) is 5.27. The van der Waals surface area contributed by atoms with Crippen molar-refractivity contribution in [1.82, 2.24) is 5.32 Å². The maximum Gasteiger partial charge on any atom is 0.323 e. The number of aliphatic carboxylic acids is 1. The maximum absolute atomic E-state index is 12.6. The van der Waals surface area contributed by atoms with Gasteiger partial charge in [0.15, 0.2) is 0 Å². The van der Waals surface area contributed by atoms with E-state index in [-0.39, 0.29) is 12.5 Å². The summed E-state index contributed by atoms with van der Waals surface area (Å²) >= 11 is 0. The van der Waals surface area contributed by atoms with Crippen molar-refractivity contribution in [3.8, 4) is 0 Å². The zero-order chi connectivity index (χ0) is 15.3. The number of hydrogen-bond donors (Lipinski definition) is 2. The molecule has 0 bridgehead atoms. The van der Waals surface area contributed by atoms with E-state index in [1.807, 2.05) is 26.0 Å². The van der Waals surface area contributed by atoms with Gasteiger partial charge in [-0.3, -0.25) is 14.5 Å². The summed E-state index contributed by atoms with van der Waals surface area (Å²) in [6.07, 6.45) is 0. The molecule has 0 aromatic heterocycles. The van der Waals surface area contributed by atoms with Gasteiger partial charge < -0.3 is 10.4 Å². The van der Waals surface area contributed by atoms with Gasteiger partial charge in [-0.1, -0.05) is 24.6 Å². The molecule has 0 aliphatic heterocycles. The molecule has 0 saturated heterocycles. The molecule has 0 spiro atoms. The highest BCUT2D eigenvalue weighted by atomic mass is 16.4. The van der Waals surface area contributed by atoms with Crippen molar-refractivity contribution in [2.24, 2.45) is 0 Å². The molecule has 20 heavy (non-hydrogen) atoms. The van der Waals surface area contributed by atoms with Crippen LogP contribution in [-0.4, -0.2) is 35.6 Å². The summed E-state index contributed by atoms with van der Waals surface area (Å²) in [7, 11) is 0. The van der Waals surface area contributed by atoms with E-state index in [4.69, 9.17) is 5.11 Å². The van der Waals surface area contributed by atoms with Crippen LogP contribution in [0.3, 0.4) is 0 Å². The fourth-order valence-electron chi connectivity index (χ4n) is 2.00. The maximum atomic E-state index is 12.6. The second-order valence-electron chi connectivity index (χ2n) is 5.28. The van der Waals surface area contributed by atoms with Crippen LogP contribution in [-0.2, 0) is 9.59 Å². The Labute approximate surface area is 119 Å². The fourth-order valence-corrected chi connectivity index (χ4v) is 2.00. The van der Waals surface area contributed by atoms with Crippen LogP contribution in [0.25, 0.3) is 0 Å². The van der Waals surface area contributed by atoms with Gasteiger partial charge in [-0.15, -0.1) is 0 Å². The molecule has 5 heteroatoms. The summed E-state index contributed by atoms with van der Waals surface area (Å²) in [5.41, 5.74) is 0.839. The Bertz CT molecular complexity index is 480. The van der Waals surface area contributed by atoms with Gasteiger partial charge in [-0.2, -0.15) is 0 Å². The van der Waals surface area contributed by atoms with Crippen LogP contribution >= 0.6 is 0 Å². The first-order chi connectivity index (χ1) is 9.27. The Morgan fingerprint density at radius 2 is 1.80 bits per heavy atom. The predicted octanol–water partition coefficient (Wildman–Crippen LogP) is 1.80. The highest BCUT2D eigenvalue weighted by Gasteiger charge is 2.32. The van der Waals surface area contributed by atoms with Crippen molar-refractivity contribution in [2.45, 2.75) is 33.2 Å². The highest BCUT2D eigenvalue weighted by Crippen LogP contribution is 2.19. The molecule has 0 fully saturated rings. The van der Waals surface area contributed by atoms with Crippen LogP contribution in [0.1, 0.15) is 26.3 Å². The van der Waals surface area contributed by atoms with Crippen molar-refractivity contribution in [1.29, 1.82) is 0 Å². The van der Waals surface area contributed by atoms with Crippen LogP contribution in [0.4, 0.5) is 5.69 Å². The number of carboxylic acids is 1. The van der Waals surface area contributed by atoms with Crippen molar-refractivity contribution < 1.29 is 14.7 Å². The number of nitrogens with zero attached hydrogens (tertiary/aromatic N) is 1. The Balaban J connectivity index is 3.09. The van der Waals surface area contributed by atoms with E-state index in [1.165, 1.54) is 4.90 Å². The van der Waals surface area contributed by atoms with E-state index < -0.39 is 11.5 Å². The molecule has 0 heterocycles. The van der Waals surface area contributed by atoms with Gasteiger partial charge in [0, 0.05) is 5.69 Å². The number of hydrogen-bond acceptors (Lipinski definition) is 3. The van der Waals surface area contributed by atoms with E-state index >= 15 is 0 Å². The number of benzene rings is 1. The second-order valence-corrected chi connectivity index (χ2v) is 5.28. The lowest BCUT2D eigenvalue weighted by Crippen LogP contribution is -2.55. The van der Waals surface area contributed by atoms with Gasteiger partial charge in [0.1, 0.15) is 6.54 Å². The van der Waals surface area contributed by atoms with Gasteiger partial charge in [0.2, 0.25) is 5.91 Å². The lowest BCUT2D eigenvalue weighted by molar-refractivity contribution is -0.137. The van der Waals surface area contributed by atoms with Gasteiger partial charge in [0.05, 0.1) is 5.54 Å². The summed E-state index contributed by atoms with van der Waals surface area (Å²) in [4.78, 5) is 24.9. The number of amides is 1. The Morgan fingerprint density at radius 3 is 2.25 bits per heavy atom. The minimum atomic E-state index is -1.04. The van der Waals surface area contributed by atoms with Gasteiger partial charge in [-0.05, 0) is 39.4 Å². The molecular formula is C15H22N2O3. The number of likely N-dealkylation sites (N-methyl/N-ethyl adjacent to an activating group) is 1. The molecular weight excluding hydrogens is 256 g/mol. The largest absolute Gasteiger partial charge is 0.480 e. The van der Waals surface area contributed by atoms with E-state index in [0.717, 1.165) is 5.56 Å². The van der Waals surface area contributed by atoms with Crippen LogP contribution in [0.5, 0.6) is 0 Å². The smallest absolute Gasteiger partial charge is 0.323 e. The zero-order valence-electron chi connectivity index (χ0n) is 12.4. The number of carbonyl (C=O) groups excluding carboxylic acids is 1. The first-order valence-electron chi connectivity index (χ1n) is 6.63. The molecule has 1 aromatic rings. The zero-order valence-corrected chi connectivity index (χ0v) is 12.4. The number of aryl methyl sites for hydroxylation is 1. The molecule has 0 aliphatic carbocycles. The minimum absolute atomic E-state index is 0.259. The van der Waals surface area contributed by atoms with Crippen molar-refractivity contribution in [3.63, 3.8) is 0 Å². The molecule has 0 aliphatic rings. The van der Waals surface area contributed by atoms with Crippen molar-refractivity contribution in [3.05, 3.63) is 29.8 Å². The molecule has 5 nitrogen and oxygen atoms in total.